The molecule has 19 heavy (non-hydrogen) atoms. The highest BCUT2D eigenvalue weighted by atomic mass is 35.5. The summed E-state index contributed by atoms with van der Waals surface area (Å²) in [5.41, 5.74) is 6.84. The molecule has 1 atom stereocenters. The lowest BCUT2D eigenvalue weighted by atomic mass is 10.0. The van der Waals surface area contributed by atoms with Gasteiger partial charge in [-0.1, -0.05) is 31.5 Å². The Labute approximate surface area is 125 Å². The molecule has 1 amide bonds. The summed E-state index contributed by atoms with van der Waals surface area (Å²) in [5.74, 6) is 0.109. The lowest BCUT2D eigenvalue weighted by molar-refractivity contribution is -0.134. The normalized spacial score (nSPS) is 11.9. The van der Waals surface area contributed by atoms with Gasteiger partial charge in [0.05, 0.1) is 6.04 Å². The van der Waals surface area contributed by atoms with Crippen LogP contribution in [-0.2, 0) is 11.3 Å². The average Bonchev–Trinajstić information content (AvgIpc) is 2.36. The van der Waals surface area contributed by atoms with Crippen molar-refractivity contribution in [2.45, 2.75) is 33.4 Å². The summed E-state index contributed by atoms with van der Waals surface area (Å²) in [6.45, 7) is 6.97. The maximum Gasteiger partial charge on any atom is 0.240 e. The van der Waals surface area contributed by atoms with Gasteiger partial charge in [-0.15, -0.1) is 12.4 Å². The molecule has 6 heteroatoms. The molecule has 0 aliphatic rings. The number of pyridine rings is 1. The first-order valence-corrected chi connectivity index (χ1v) is 6.48. The van der Waals surface area contributed by atoms with E-state index in [1.807, 2.05) is 26.8 Å². The molecule has 1 aromatic heterocycles. The second-order valence-corrected chi connectivity index (χ2v) is 5.00. The van der Waals surface area contributed by atoms with E-state index in [4.69, 9.17) is 17.3 Å². The minimum atomic E-state index is -0.454. The minimum Gasteiger partial charge on any atom is -0.337 e. The molecule has 1 heterocycles. The van der Waals surface area contributed by atoms with Crippen molar-refractivity contribution in [3.63, 3.8) is 0 Å². The Morgan fingerprint density at radius 3 is 2.53 bits per heavy atom. The summed E-state index contributed by atoms with van der Waals surface area (Å²) in [5, 5.41) is 0.451. The number of halogens is 2. The van der Waals surface area contributed by atoms with Crippen LogP contribution in [0.3, 0.4) is 0 Å². The van der Waals surface area contributed by atoms with Crippen LogP contribution >= 0.6 is 24.0 Å². The third kappa shape index (κ3) is 5.35. The zero-order chi connectivity index (χ0) is 13.7. The summed E-state index contributed by atoms with van der Waals surface area (Å²) < 4.78 is 0. The largest absolute Gasteiger partial charge is 0.337 e. The molecule has 0 radical (unpaired) electrons. The van der Waals surface area contributed by atoms with Crippen molar-refractivity contribution in [3.8, 4) is 0 Å². The van der Waals surface area contributed by atoms with Crippen LogP contribution in [0.4, 0.5) is 0 Å². The quantitative estimate of drug-likeness (QED) is 0.850. The van der Waals surface area contributed by atoms with Crippen LogP contribution in [0.5, 0.6) is 0 Å². The van der Waals surface area contributed by atoms with Crippen LogP contribution in [-0.4, -0.2) is 28.4 Å². The van der Waals surface area contributed by atoms with Gasteiger partial charge < -0.3 is 10.6 Å². The Kier molecular flexibility index (Phi) is 7.99. The third-order valence-electron chi connectivity index (χ3n) is 2.86. The first-order chi connectivity index (χ1) is 8.45. The molecular formula is C13H21Cl2N3O. The monoisotopic (exact) mass is 305 g/mol. The van der Waals surface area contributed by atoms with Crippen LogP contribution in [0.25, 0.3) is 0 Å². The molecule has 0 fully saturated rings. The SMILES string of the molecule is CCN(Cc1ccc(Cl)nc1)C(=O)[C@H](N)C(C)C.Cl. The number of amides is 1. The topological polar surface area (TPSA) is 59.2 Å². The molecule has 0 bridgehead atoms. The fourth-order valence-electron chi connectivity index (χ4n) is 1.56. The van der Waals surface area contributed by atoms with E-state index in [1.165, 1.54) is 0 Å². The third-order valence-corrected chi connectivity index (χ3v) is 3.08. The number of carbonyl (C=O) groups excluding carboxylic acids is 1. The van der Waals surface area contributed by atoms with E-state index in [0.29, 0.717) is 18.2 Å². The van der Waals surface area contributed by atoms with Gasteiger partial charge in [0.25, 0.3) is 0 Å². The standard InChI is InChI=1S/C13H20ClN3O.ClH/c1-4-17(13(18)12(15)9(2)3)8-10-5-6-11(14)16-7-10;/h5-7,9,12H,4,8,15H2,1-3H3;1H/t12-;/m1./s1. The zero-order valence-electron chi connectivity index (χ0n) is 11.5. The predicted molar refractivity (Wildman–Crippen MR) is 80.4 cm³/mol. The molecule has 0 aliphatic heterocycles. The minimum absolute atomic E-state index is 0. The Bertz CT molecular complexity index is 395. The molecule has 1 aromatic rings. The number of hydrogen-bond acceptors (Lipinski definition) is 3. The number of likely N-dealkylation sites (N-methyl/N-ethyl adjacent to an activating group) is 1. The van der Waals surface area contributed by atoms with E-state index < -0.39 is 6.04 Å². The van der Waals surface area contributed by atoms with E-state index >= 15 is 0 Å². The number of nitrogens with zero attached hydrogens (tertiary/aromatic N) is 2. The Hall–Kier alpha value is -0.840. The number of aromatic nitrogens is 1. The molecule has 0 saturated carbocycles. The maximum absolute atomic E-state index is 12.1. The number of rotatable bonds is 5. The first kappa shape index (κ1) is 18.2. The summed E-state index contributed by atoms with van der Waals surface area (Å²) in [6, 6.07) is 3.13. The predicted octanol–water partition coefficient (Wildman–Crippen LogP) is 2.49. The first-order valence-electron chi connectivity index (χ1n) is 6.10. The van der Waals surface area contributed by atoms with Crippen LogP contribution in [0.15, 0.2) is 18.3 Å². The molecule has 0 spiro atoms. The van der Waals surface area contributed by atoms with Crippen molar-refractivity contribution in [2.75, 3.05) is 6.54 Å². The van der Waals surface area contributed by atoms with Gasteiger partial charge in [0.15, 0.2) is 0 Å². The van der Waals surface area contributed by atoms with Crippen molar-refractivity contribution in [1.82, 2.24) is 9.88 Å². The highest BCUT2D eigenvalue weighted by Crippen LogP contribution is 2.10. The van der Waals surface area contributed by atoms with E-state index in [-0.39, 0.29) is 24.2 Å². The number of hydrogen-bond donors (Lipinski definition) is 1. The van der Waals surface area contributed by atoms with E-state index in [9.17, 15) is 4.79 Å². The van der Waals surface area contributed by atoms with Crippen molar-refractivity contribution < 1.29 is 4.79 Å². The Balaban J connectivity index is 0.00000324. The highest BCUT2D eigenvalue weighted by molar-refractivity contribution is 6.29. The average molecular weight is 306 g/mol. The molecule has 0 saturated heterocycles. The summed E-state index contributed by atoms with van der Waals surface area (Å²) >= 11 is 5.72. The van der Waals surface area contributed by atoms with Gasteiger partial charge in [-0.25, -0.2) is 4.98 Å². The molecule has 2 N–H and O–H groups in total. The number of nitrogens with two attached hydrogens (primary N) is 1. The van der Waals surface area contributed by atoms with Crippen molar-refractivity contribution in [1.29, 1.82) is 0 Å². The summed E-state index contributed by atoms with van der Waals surface area (Å²) in [6.07, 6.45) is 1.68. The van der Waals surface area contributed by atoms with E-state index in [1.54, 1.807) is 17.2 Å². The van der Waals surface area contributed by atoms with Gasteiger partial charge in [-0.05, 0) is 24.5 Å². The van der Waals surface area contributed by atoms with Crippen molar-refractivity contribution in [3.05, 3.63) is 29.0 Å². The van der Waals surface area contributed by atoms with Crippen LogP contribution in [0, 0.1) is 5.92 Å². The van der Waals surface area contributed by atoms with Gasteiger partial charge in [-0.2, -0.15) is 0 Å². The van der Waals surface area contributed by atoms with E-state index in [0.717, 1.165) is 5.56 Å². The van der Waals surface area contributed by atoms with Gasteiger partial charge in [0.2, 0.25) is 5.91 Å². The molecule has 4 nitrogen and oxygen atoms in total. The highest BCUT2D eigenvalue weighted by Gasteiger charge is 2.22. The van der Waals surface area contributed by atoms with Crippen LogP contribution in [0.2, 0.25) is 5.15 Å². The van der Waals surface area contributed by atoms with Gasteiger partial charge in [0, 0.05) is 19.3 Å². The Morgan fingerprint density at radius 2 is 2.11 bits per heavy atom. The van der Waals surface area contributed by atoms with Gasteiger partial charge in [0.1, 0.15) is 5.15 Å². The van der Waals surface area contributed by atoms with Crippen molar-refractivity contribution >= 4 is 29.9 Å². The van der Waals surface area contributed by atoms with E-state index in [2.05, 4.69) is 4.98 Å². The van der Waals surface area contributed by atoms with Crippen LogP contribution < -0.4 is 5.73 Å². The molecule has 108 valence electrons. The maximum atomic E-state index is 12.1. The fourth-order valence-corrected chi connectivity index (χ4v) is 1.67. The summed E-state index contributed by atoms with van der Waals surface area (Å²) in [7, 11) is 0. The molecule has 0 aliphatic carbocycles. The van der Waals surface area contributed by atoms with Gasteiger partial charge >= 0.3 is 0 Å². The molecule has 0 unspecified atom stereocenters. The lowest BCUT2D eigenvalue weighted by Gasteiger charge is -2.26. The molecular weight excluding hydrogens is 285 g/mol. The Morgan fingerprint density at radius 1 is 1.47 bits per heavy atom. The van der Waals surface area contributed by atoms with Gasteiger partial charge in [-0.3, -0.25) is 4.79 Å². The second kappa shape index (κ2) is 8.35. The smallest absolute Gasteiger partial charge is 0.240 e. The zero-order valence-corrected chi connectivity index (χ0v) is 13.0. The number of carbonyl (C=O) groups is 1. The molecule has 1 rings (SSSR count). The fraction of sp³-hybridized carbons (Fsp3) is 0.538. The second-order valence-electron chi connectivity index (χ2n) is 4.61. The van der Waals surface area contributed by atoms with Crippen LogP contribution in [0.1, 0.15) is 26.3 Å². The summed E-state index contributed by atoms with van der Waals surface area (Å²) in [4.78, 5) is 17.9. The lowest BCUT2D eigenvalue weighted by Crippen LogP contribution is -2.46. The molecule has 0 aromatic carbocycles. The van der Waals surface area contributed by atoms with Crippen molar-refractivity contribution in [2.24, 2.45) is 11.7 Å².